The van der Waals surface area contributed by atoms with E-state index in [0.717, 1.165) is 18.3 Å². The zero-order valence-electron chi connectivity index (χ0n) is 10.2. The van der Waals surface area contributed by atoms with Crippen LogP contribution in [0, 0.1) is 5.92 Å². The number of ether oxygens (including phenoxy) is 1. The van der Waals surface area contributed by atoms with Crippen molar-refractivity contribution in [2.45, 2.75) is 32.2 Å². The molecule has 0 radical (unpaired) electrons. The molecule has 3 heteroatoms. The summed E-state index contributed by atoms with van der Waals surface area (Å²) in [5, 5.41) is 3.48. The Morgan fingerprint density at radius 2 is 2.31 bits per heavy atom. The van der Waals surface area contributed by atoms with Gasteiger partial charge in [0.2, 0.25) is 5.88 Å². The maximum Gasteiger partial charge on any atom is 0.213 e. The number of rotatable bonds is 5. The van der Waals surface area contributed by atoms with Crippen LogP contribution < -0.4 is 10.1 Å². The second kappa shape index (κ2) is 4.83. The van der Waals surface area contributed by atoms with Gasteiger partial charge in [-0.05, 0) is 24.9 Å². The summed E-state index contributed by atoms with van der Waals surface area (Å²) >= 11 is 0. The van der Waals surface area contributed by atoms with Gasteiger partial charge in [0.05, 0.1) is 7.11 Å². The third kappa shape index (κ3) is 2.73. The van der Waals surface area contributed by atoms with Gasteiger partial charge in [0.15, 0.2) is 0 Å². The molecule has 1 aromatic rings. The third-order valence-corrected chi connectivity index (χ3v) is 3.04. The molecule has 16 heavy (non-hydrogen) atoms. The molecular formula is C13H20N2O. The van der Waals surface area contributed by atoms with Crippen molar-refractivity contribution in [3.63, 3.8) is 0 Å². The Kier molecular flexibility index (Phi) is 3.44. The summed E-state index contributed by atoms with van der Waals surface area (Å²) in [6.45, 7) is 5.46. The first-order valence-electron chi connectivity index (χ1n) is 5.95. The van der Waals surface area contributed by atoms with Gasteiger partial charge in [-0.1, -0.05) is 19.9 Å². The molecule has 0 amide bonds. The van der Waals surface area contributed by atoms with Crippen molar-refractivity contribution in [3.8, 4) is 5.88 Å². The quantitative estimate of drug-likeness (QED) is 0.826. The second-order valence-corrected chi connectivity index (χ2v) is 4.77. The largest absolute Gasteiger partial charge is 0.481 e. The first-order chi connectivity index (χ1) is 7.70. The highest BCUT2D eigenvalue weighted by Gasteiger charge is 2.39. The summed E-state index contributed by atoms with van der Waals surface area (Å²) in [6, 6.07) is 6.59. The molecular weight excluding hydrogens is 200 g/mol. The summed E-state index contributed by atoms with van der Waals surface area (Å²) in [4.78, 5) is 4.48. The lowest BCUT2D eigenvalue weighted by atomic mass is 10.2. The van der Waals surface area contributed by atoms with E-state index in [1.54, 1.807) is 7.11 Å². The van der Waals surface area contributed by atoms with Crippen LogP contribution in [0.4, 0.5) is 0 Å². The average molecular weight is 220 g/mol. The maximum absolute atomic E-state index is 5.14. The molecule has 0 saturated heterocycles. The summed E-state index contributed by atoms with van der Waals surface area (Å²) in [5.41, 5.74) is 1.18. The number of aromatic nitrogens is 1. The summed E-state index contributed by atoms with van der Waals surface area (Å²) in [6.07, 6.45) is 1.25. The van der Waals surface area contributed by atoms with E-state index in [0.29, 0.717) is 12.0 Å². The van der Waals surface area contributed by atoms with Crippen molar-refractivity contribution < 1.29 is 4.74 Å². The van der Waals surface area contributed by atoms with E-state index in [1.165, 1.54) is 12.1 Å². The molecule has 1 saturated carbocycles. The highest BCUT2D eigenvalue weighted by molar-refractivity contribution is 5.23. The van der Waals surface area contributed by atoms with Crippen LogP contribution in [0.1, 0.15) is 31.9 Å². The summed E-state index contributed by atoms with van der Waals surface area (Å²) in [5.74, 6) is 2.10. The van der Waals surface area contributed by atoms with Gasteiger partial charge in [-0.3, -0.25) is 0 Å². The number of nitrogens with one attached hydrogen (secondary N) is 1. The van der Waals surface area contributed by atoms with Gasteiger partial charge in [-0.2, -0.15) is 0 Å². The molecule has 88 valence electrons. The fraction of sp³-hybridized carbons (Fsp3) is 0.615. The number of hydrogen-bond acceptors (Lipinski definition) is 3. The molecule has 1 fully saturated rings. The monoisotopic (exact) mass is 220 g/mol. The number of nitrogens with zero attached hydrogens (tertiary/aromatic N) is 1. The van der Waals surface area contributed by atoms with Gasteiger partial charge in [-0.15, -0.1) is 0 Å². The molecule has 0 bridgehead atoms. The second-order valence-electron chi connectivity index (χ2n) is 4.77. The summed E-state index contributed by atoms with van der Waals surface area (Å²) < 4.78 is 5.14. The van der Waals surface area contributed by atoms with Crippen LogP contribution in [0.15, 0.2) is 18.2 Å². The van der Waals surface area contributed by atoms with Gasteiger partial charge < -0.3 is 10.1 Å². The Labute approximate surface area is 97.2 Å². The minimum absolute atomic E-state index is 0.569. The molecule has 1 N–H and O–H groups in total. The molecule has 3 nitrogen and oxygen atoms in total. The smallest absolute Gasteiger partial charge is 0.213 e. The molecule has 2 rings (SSSR count). The minimum atomic E-state index is 0.569. The van der Waals surface area contributed by atoms with Crippen LogP contribution in [0.3, 0.4) is 0 Å². The van der Waals surface area contributed by atoms with Crippen molar-refractivity contribution in [2.24, 2.45) is 5.92 Å². The molecule has 2 atom stereocenters. The first-order valence-corrected chi connectivity index (χ1v) is 5.95. The fourth-order valence-corrected chi connectivity index (χ4v) is 1.97. The van der Waals surface area contributed by atoms with E-state index in [4.69, 9.17) is 4.74 Å². The Balaban J connectivity index is 1.90. The van der Waals surface area contributed by atoms with E-state index in [2.05, 4.69) is 30.2 Å². The molecule has 1 heterocycles. The molecule has 1 aromatic heterocycles. The maximum atomic E-state index is 5.14. The van der Waals surface area contributed by atoms with Crippen LogP contribution in [0.2, 0.25) is 0 Å². The summed E-state index contributed by atoms with van der Waals surface area (Å²) in [7, 11) is 1.66. The fourth-order valence-electron chi connectivity index (χ4n) is 1.97. The molecule has 1 aliphatic rings. The molecule has 0 aliphatic heterocycles. The van der Waals surface area contributed by atoms with E-state index >= 15 is 0 Å². The minimum Gasteiger partial charge on any atom is -0.481 e. The zero-order valence-corrected chi connectivity index (χ0v) is 10.2. The molecule has 0 aromatic carbocycles. The van der Waals surface area contributed by atoms with Crippen LogP contribution in [-0.4, -0.2) is 24.7 Å². The van der Waals surface area contributed by atoms with Crippen LogP contribution >= 0.6 is 0 Å². The topological polar surface area (TPSA) is 34.1 Å². The third-order valence-electron chi connectivity index (χ3n) is 3.04. The predicted octanol–water partition coefficient (Wildman–Crippen LogP) is 2.19. The lowest BCUT2D eigenvalue weighted by Gasteiger charge is -2.07. The standard InChI is InChI=1S/C13H20N2O/c1-9(2)14-8-10-7-11(10)12-5-4-6-13(15-12)16-3/h4-6,9-11,14H,7-8H2,1-3H3. The van der Waals surface area contributed by atoms with Crippen molar-refractivity contribution in [1.82, 2.24) is 10.3 Å². The number of methoxy groups -OCH3 is 1. The number of hydrogen-bond donors (Lipinski definition) is 1. The predicted molar refractivity (Wildman–Crippen MR) is 64.8 cm³/mol. The van der Waals surface area contributed by atoms with Crippen LogP contribution in [0.5, 0.6) is 5.88 Å². The van der Waals surface area contributed by atoms with Crippen molar-refractivity contribution in [1.29, 1.82) is 0 Å². The van der Waals surface area contributed by atoms with E-state index < -0.39 is 0 Å². The average Bonchev–Trinajstić information content (AvgIpc) is 3.06. The SMILES string of the molecule is COc1cccc(C2CC2CNC(C)C)n1. The van der Waals surface area contributed by atoms with Crippen LogP contribution in [-0.2, 0) is 0 Å². The number of pyridine rings is 1. The Morgan fingerprint density at radius 1 is 1.50 bits per heavy atom. The van der Waals surface area contributed by atoms with Gasteiger partial charge in [0.1, 0.15) is 0 Å². The molecule has 2 unspecified atom stereocenters. The lowest BCUT2D eigenvalue weighted by Crippen LogP contribution is -2.25. The van der Waals surface area contributed by atoms with Gasteiger partial charge in [0, 0.05) is 23.7 Å². The van der Waals surface area contributed by atoms with E-state index in [-0.39, 0.29) is 0 Å². The Bertz CT molecular complexity index is 352. The van der Waals surface area contributed by atoms with E-state index in [9.17, 15) is 0 Å². The lowest BCUT2D eigenvalue weighted by molar-refractivity contribution is 0.396. The van der Waals surface area contributed by atoms with Crippen molar-refractivity contribution in [2.75, 3.05) is 13.7 Å². The van der Waals surface area contributed by atoms with Crippen molar-refractivity contribution in [3.05, 3.63) is 23.9 Å². The van der Waals surface area contributed by atoms with Crippen molar-refractivity contribution >= 4 is 0 Å². The molecule has 0 spiro atoms. The highest BCUT2D eigenvalue weighted by Crippen LogP contribution is 2.46. The highest BCUT2D eigenvalue weighted by atomic mass is 16.5. The van der Waals surface area contributed by atoms with E-state index in [1.807, 2.05) is 12.1 Å². The van der Waals surface area contributed by atoms with Crippen LogP contribution in [0.25, 0.3) is 0 Å². The Hall–Kier alpha value is -1.09. The van der Waals surface area contributed by atoms with Gasteiger partial charge in [-0.25, -0.2) is 4.98 Å². The Morgan fingerprint density at radius 3 is 3.00 bits per heavy atom. The first kappa shape index (κ1) is 11.4. The zero-order chi connectivity index (χ0) is 11.5. The molecule has 1 aliphatic carbocycles. The van der Waals surface area contributed by atoms with Gasteiger partial charge >= 0.3 is 0 Å². The normalized spacial score (nSPS) is 23.5. The van der Waals surface area contributed by atoms with Gasteiger partial charge in [0.25, 0.3) is 0 Å².